The number of halogens is 2. The minimum Gasteiger partial charge on any atom is -0.355 e. The molecule has 0 saturated carbocycles. The second kappa shape index (κ2) is 10.4. The van der Waals surface area contributed by atoms with Gasteiger partial charge in [-0.2, -0.15) is 0 Å². The van der Waals surface area contributed by atoms with E-state index in [1.54, 1.807) is 35.6 Å². The third-order valence-electron chi connectivity index (χ3n) is 5.61. The second-order valence-electron chi connectivity index (χ2n) is 7.94. The molecule has 0 bridgehead atoms. The maximum Gasteiger partial charge on any atom is 0.241 e. The van der Waals surface area contributed by atoms with E-state index in [2.05, 4.69) is 10.3 Å². The van der Waals surface area contributed by atoms with E-state index in [1.165, 1.54) is 0 Å². The van der Waals surface area contributed by atoms with Gasteiger partial charge in [-0.1, -0.05) is 41.4 Å². The van der Waals surface area contributed by atoms with Gasteiger partial charge in [0, 0.05) is 41.6 Å². The van der Waals surface area contributed by atoms with Gasteiger partial charge < -0.3 is 14.8 Å². The summed E-state index contributed by atoms with van der Waals surface area (Å²) in [5.74, 6) is -0.198. The molecule has 1 unspecified atom stereocenters. The predicted octanol–water partition coefficient (Wildman–Crippen LogP) is 3.59. The van der Waals surface area contributed by atoms with E-state index in [4.69, 9.17) is 23.2 Å². The maximum absolute atomic E-state index is 13.1. The SMILES string of the molecule is CCNC(=O)C1CN(c2cccc(Cl)c2)C(=O)CN1Cc1cncn1Cc1cccc(Cl)c1. The molecule has 1 aliphatic rings. The van der Waals surface area contributed by atoms with Crippen molar-refractivity contribution in [3.63, 3.8) is 0 Å². The fourth-order valence-corrected chi connectivity index (χ4v) is 4.42. The average molecular weight is 486 g/mol. The molecule has 2 heterocycles. The molecule has 0 spiro atoms. The molecular weight excluding hydrogens is 461 g/mol. The van der Waals surface area contributed by atoms with Crippen LogP contribution in [0.25, 0.3) is 0 Å². The van der Waals surface area contributed by atoms with E-state index in [0.717, 1.165) is 11.3 Å². The number of rotatable bonds is 7. The minimum absolute atomic E-state index is 0.0845. The van der Waals surface area contributed by atoms with Gasteiger partial charge in [-0.3, -0.25) is 14.5 Å². The highest BCUT2D eigenvalue weighted by molar-refractivity contribution is 6.31. The van der Waals surface area contributed by atoms with E-state index >= 15 is 0 Å². The number of amides is 2. The van der Waals surface area contributed by atoms with Crippen LogP contribution in [-0.2, 0) is 22.7 Å². The zero-order valence-electron chi connectivity index (χ0n) is 18.2. The molecule has 1 aliphatic heterocycles. The van der Waals surface area contributed by atoms with Crippen molar-refractivity contribution in [2.75, 3.05) is 24.5 Å². The van der Waals surface area contributed by atoms with Crippen LogP contribution in [0.5, 0.6) is 0 Å². The van der Waals surface area contributed by atoms with Gasteiger partial charge in [-0.15, -0.1) is 0 Å². The number of piperazine rings is 1. The van der Waals surface area contributed by atoms with E-state index in [-0.39, 0.29) is 24.9 Å². The highest BCUT2D eigenvalue weighted by Crippen LogP contribution is 2.25. The number of aromatic nitrogens is 2. The number of carbonyl (C=O) groups excluding carboxylic acids is 2. The van der Waals surface area contributed by atoms with E-state index in [0.29, 0.717) is 35.4 Å². The Labute approximate surface area is 202 Å². The number of nitrogens with one attached hydrogen (secondary N) is 1. The summed E-state index contributed by atoms with van der Waals surface area (Å²) in [6, 6.07) is 14.3. The van der Waals surface area contributed by atoms with Crippen LogP contribution in [0.15, 0.2) is 61.1 Å². The number of nitrogens with zero attached hydrogens (tertiary/aromatic N) is 4. The molecule has 1 fully saturated rings. The van der Waals surface area contributed by atoms with Gasteiger partial charge in [-0.25, -0.2) is 4.98 Å². The summed E-state index contributed by atoms with van der Waals surface area (Å²) in [6.07, 6.45) is 3.52. The van der Waals surface area contributed by atoms with Crippen molar-refractivity contribution in [1.29, 1.82) is 0 Å². The van der Waals surface area contributed by atoms with Gasteiger partial charge >= 0.3 is 0 Å². The predicted molar refractivity (Wildman–Crippen MR) is 129 cm³/mol. The average Bonchev–Trinajstić information content (AvgIpc) is 3.20. The van der Waals surface area contributed by atoms with E-state index in [1.807, 2.05) is 46.7 Å². The van der Waals surface area contributed by atoms with E-state index < -0.39 is 6.04 Å². The first-order chi connectivity index (χ1) is 15.9. The van der Waals surface area contributed by atoms with Crippen LogP contribution in [0.3, 0.4) is 0 Å². The van der Waals surface area contributed by atoms with Crippen molar-refractivity contribution >= 4 is 40.7 Å². The molecule has 33 heavy (non-hydrogen) atoms. The summed E-state index contributed by atoms with van der Waals surface area (Å²) in [6.45, 7) is 3.76. The minimum atomic E-state index is -0.504. The van der Waals surface area contributed by atoms with Crippen molar-refractivity contribution in [1.82, 2.24) is 19.8 Å². The lowest BCUT2D eigenvalue weighted by molar-refractivity contribution is -0.131. The van der Waals surface area contributed by atoms with Crippen LogP contribution >= 0.6 is 23.2 Å². The highest BCUT2D eigenvalue weighted by atomic mass is 35.5. The van der Waals surface area contributed by atoms with Crippen molar-refractivity contribution in [3.8, 4) is 0 Å². The molecule has 7 nitrogen and oxygen atoms in total. The van der Waals surface area contributed by atoms with Crippen molar-refractivity contribution < 1.29 is 9.59 Å². The quantitative estimate of drug-likeness (QED) is 0.554. The lowest BCUT2D eigenvalue weighted by atomic mass is 10.1. The van der Waals surface area contributed by atoms with Crippen LogP contribution in [0, 0.1) is 0 Å². The van der Waals surface area contributed by atoms with Crippen molar-refractivity contribution in [2.24, 2.45) is 0 Å². The topological polar surface area (TPSA) is 70.5 Å². The Balaban J connectivity index is 1.56. The summed E-state index contributed by atoms with van der Waals surface area (Å²) >= 11 is 12.3. The van der Waals surface area contributed by atoms with Gasteiger partial charge in [0.2, 0.25) is 11.8 Å². The number of hydrogen-bond donors (Lipinski definition) is 1. The second-order valence-corrected chi connectivity index (χ2v) is 8.82. The number of anilines is 1. The summed E-state index contributed by atoms with van der Waals surface area (Å²) in [5.41, 5.74) is 2.64. The Morgan fingerprint density at radius 1 is 1.12 bits per heavy atom. The Morgan fingerprint density at radius 3 is 2.61 bits per heavy atom. The van der Waals surface area contributed by atoms with Crippen molar-refractivity contribution in [3.05, 3.63) is 82.4 Å². The largest absolute Gasteiger partial charge is 0.355 e. The molecule has 0 aliphatic carbocycles. The number of hydrogen-bond acceptors (Lipinski definition) is 4. The summed E-state index contributed by atoms with van der Waals surface area (Å²) in [4.78, 5) is 33.8. The molecule has 1 saturated heterocycles. The zero-order chi connectivity index (χ0) is 23.4. The molecule has 9 heteroatoms. The Hall–Kier alpha value is -2.87. The first kappa shape index (κ1) is 23.3. The van der Waals surface area contributed by atoms with Gasteiger partial charge in [0.05, 0.1) is 25.1 Å². The third kappa shape index (κ3) is 5.55. The van der Waals surface area contributed by atoms with Crippen LogP contribution < -0.4 is 10.2 Å². The van der Waals surface area contributed by atoms with Crippen LogP contribution in [-0.4, -0.2) is 51.9 Å². The number of imidazole rings is 1. The van der Waals surface area contributed by atoms with Crippen LogP contribution in [0.2, 0.25) is 10.0 Å². The highest BCUT2D eigenvalue weighted by Gasteiger charge is 2.37. The molecule has 2 amide bonds. The Morgan fingerprint density at radius 2 is 1.88 bits per heavy atom. The normalized spacial score (nSPS) is 16.8. The Kier molecular flexibility index (Phi) is 7.33. The van der Waals surface area contributed by atoms with Gasteiger partial charge in [0.1, 0.15) is 6.04 Å². The number of likely N-dealkylation sites (N-methyl/N-ethyl adjacent to an activating group) is 1. The molecular formula is C24H25Cl2N5O2. The first-order valence-corrected chi connectivity index (χ1v) is 11.5. The molecule has 1 N–H and O–H groups in total. The monoisotopic (exact) mass is 485 g/mol. The zero-order valence-corrected chi connectivity index (χ0v) is 19.8. The molecule has 0 radical (unpaired) electrons. The molecule has 172 valence electrons. The molecule has 1 atom stereocenters. The Bertz CT molecular complexity index is 1150. The smallest absolute Gasteiger partial charge is 0.241 e. The van der Waals surface area contributed by atoms with Gasteiger partial charge in [0.25, 0.3) is 0 Å². The third-order valence-corrected chi connectivity index (χ3v) is 6.08. The van der Waals surface area contributed by atoms with Gasteiger partial charge in [-0.05, 0) is 42.8 Å². The number of benzene rings is 2. The summed E-state index contributed by atoms with van der Waals surface area (Å²) < 4.78 is 2.01. The van der Waals surface area contributed by atoms with E-state index in [9.17, 15) is 9.59 Å². The molecule has 4 rings (SSSR count). The van der Waals surface area contributed by atoms with Crippen LogP contribution in [0.1, 0.15) is 18.2 Å². The van der Waals surface area contributed by atoms with Gasteiger partial charge in [0.15, 0.2) is 0 Å². The molecule has 2 aromatic carbocycles. The molecule has 3 aromatic rings. The lowest BCUT2D eigenvalue weighted by Gasteiger charge is -2.40. The first-order valence-electron chi connectivity index (χ1n) is 10.8. The number of carbonyl (C=O) groups is 2. The van der Waals surface area contributed by atoms with Crippen molar-refractivity contribution in [2.45, 2.75) is 26.1 Å². The summed E-state index contributed by atoms with van der Waals surface area (Å²) in [5, 5.41) is 4.12. The fourth-order valence-electron chi connectivity index (χ4n) is 4.02. The summed E-state index contributed by atoms with van der Waals surface area (Å²) in [7, 11) is 0. The molecule has 1 aromatic heterocycles. The van der Waals surface area contributed by atoms with Crippen LogP contribution in [0.4, 0.5) is 5.69 Å². The lowest BCUT2D eigenvalue weighted by Crippen LogP contribution is -2.61. The fraction of sp³-hybridized carbons (Fsp3) is 0.292. The standard InChI is InChI=1S/C24H25Cl2N5O2/c1-2-28-24(33)22-14-31(20-8-4-7-19(26)10-20)23(32)15-29(22)13-21-11-27-16-30(21)12-17-5-3-6-18(25)9-17/h3-11,16,22H,2,12-15H2,1H3,(H,28,33). The maximum atomic E-state index is 13.1.